The number of ether oxygens (including phenoxy) is 1. The molecule has 2 heterocycles. The van der Waals surface area contributed by atoms with Crippen LogP contribution in [0.2, 0.25) is 0 Å². The molecule has 3 aromatic rings. The highest BCUT2D eigenvalue weighted by Crippen LogP contribution is 2.26. The van der Waals surface area contributed by atoms with Crippen molar-refractivity contribution in [1.29, 1.82) is 0 Å². The fourth-order valence-electron chi connectivity index (χ4n) is 2.27. The molecule has 3 rings (SSSR count). The number of carbonyl (C=O) groups excluding carboxylic acids is 1. The molecule has 2 aromatic heterocycles. The lowest BCUT2D eigenvalue weighted by atomic mass is 10.1. The summed E-state index contributed by atoms with van der Waals surface area (Å²) in [5.74, 6) is 0.298. The van der Waals surface area contributed by atoms with Gasteiger partial charge in [-0.2, -0.15) is 0 Å². The summed E-state index contributed by atoms with van der Waals surface area (Å²) >= 11 is 1.34. The Bertz CT molecular complexity index is 964. The van der Waals surface area contributed by atoms with Crippen LogP contribution in [0.15, 0.2) is 46.8 Å². The largest absolute Gasteiger partial charge is 0.496 e. The molecule has 0 saturated carbocycles. The molecule has 0 fully saturated rings. The second-order valence-electron chi connectivity index (χ2n) is 5.28. The Labute approximate surface area is 148 Å². The Morgan fingerprint density at radius 1 is 1.36 bits per heavy atom. The van der Waals surface area contributed by atoms with E-state index < -0.39 is 0 Å². The molecule has 128 valence electrons. The number of thiazole rings is 1. The number of aryl methyl sites for hydroxylation is 1. The van der Waals surface area contributed by atoms with E-state index in [1.165, 1.54) is 28.3 Å². The highest BCUT2D eigenvalue weighted by molar-refractivity contribution is 7.13. The monoisotopic (exact) mass is 356 g/mol. The van der Waals surface area contributed by atoms with Gasteiger partial charge in [0.1, 0.15) is 12.3 Å². The van der Waals surface area contributed by atoms with Crippen molar-refractivity contribution < 1.29 is 9.53 Å². The number of amides is 1. The molecular weight excluding hydrogens is 340 g/mol. The predicted molar refractivity (Wildman–Crippen MR) is 96.0 cm³/mol. The van der Waals surface area contributed by atoms with Crippen molar-refractivity contribution >= 4 is 22.4 Å². The second kappa shape index (κ2) is 7.27. The molecule has 25 heavy (non-hydrogen) atoms. The Hall–Kier alpha value is -3.00. The zero-order chi connectivity index (χ0) is 17.8. The van der Waals surface area contributed by atoms with Crippen LogP contribution in [0, 0.1) is 6.92 Å². The average Bonchev–Trinajstić information content (AvgIpc) is 3.01. The molecule has 0 saturated heterocycles. The van der Waals surface area contributed by atoms with Crippen molar-refractivity contribution in [2.24, 2.45) is 0 Å². The van der Waals surface area contributed by atoms with E-state index >= 15 is 0 Å². The fourth-order valence-corrected chi connectivity index (χ4v) is 2.98. The molecule has 7 nitrogen and oxygen atoms in total. The van der Waals surface area contributed by atoms with Crippen LogP contribution in [0.5, 0.6) is 5.75 Å². The van der Waals surface area contributed by atoms with Crippen LogP contribution in [0.4, 0.5) is 5.13 Å². The van der Waals surface area contributed by atoms with Crippen LogP contribution < -0.4 is 15.6 Å². The molecule has 8 heteroatoms. The van der Waals surface area contributed by atoms with Gasteiger partial charge in [-0.05, 0) is 19.1 Å². The fraction of sp³-hybridized carbons (Fsp3) is 0.176. The van der Waals surface area contributed by atoms with Gasteiger partial charge < -0.3 is 10.1 Å². The number of aromatic nitrogens is 3. The van der Waals surface area contributed by atoms with Gasteiger partial charge in [0.25, 0.3) is 5.56 Å². The second-order valence-corrected chi connectivity index (χ2v) is 6.14. The topological polar surface area (TPSA) is 86.1 Å². The maximum absolute atomic E-state index is 12.3. The van der Waals surface area contributed by atoms with Crippen LogP contribution in [0.25, 0.3) is 11.3 Å². The summed E-state index contributed by atoms with van der Waals surface area (Å²) in [6.07, 6.45) is 1.36. The standard InChI is InChI=1S/C17H16N4O3S/c1-11-9-25-17(19-11)20-15(22)8-21-10-18-13(7-16(21)23)12-5-3-4-6-14(12)24-2/h3-7,9-10H,8H2,1-2H3,(H,19,20,22). The van der Waals surface area contributed by atoms with E-state index in [0.717, 1.165) is 11.3 Å². The van der Waals surface area contributed by atoms with Crippen LogP contribution >= 0.6 is 11.3 Å². The summed E-state index contributed by atoms with van der Waals surface area (Å²) in [6, 6.07) is 8.69. The zero-order valence-corrected chi connectivity index (χ0v) is 14.5. The summed E-state index contributed by atoms with van der Waals surface area (Å²) in [5, 5.41) is 5.01. The van der Waals surface area contributed by atoms with Gasteiger partial charge in [0, 0.05) is 17.0 Å². The van der Waals surface area contributed by atoms with Crippen molar-refractivity contribution in [2.45, 2.75) is 13.5 Å². The third-order valence-corrected chi connectivity index (χ3v) is 4.32. The molecule has 0 aliphatic rings. The van der Waals surface area contributed by atoms with Gasteiger partial charge in [-0.15, -0.1) is 11.3 Å². The molecule has 0 aliphatic heterocycles. The molecule has 1 aromatic carbocycles. The van der Waals surface area contributed by atoms with Gasteiger partial charge in [0.05, 0.1) is 24.8 Å². The summed E-state index contributed by atoms with van der Waals surface area (Å²) in [7, 11) is 1.56. The number of nitrogens with zero attached hydrogens (tertiary/aromatic N) is 3. The van der Waals surface area contributed by atoms with Crippen LogP contribution in [-0.2, 0) is 11.3 Å². The lowest BCUT2D eigenvalue weighted by Crippen LogP contribution is -2.27. The van der Waals surface area contributed by atoms with Gasteiger partial charge in [-0.1, -0.05) is 12.1 Å². The van der Waals surface area contributed by atoms with Gasteiger partial charge in [-0.25, -0.2) is 9.97 Å². The summed E-state index contributed by atoms with van der Waals surface area (Å²) in [6.45, 7) is 1.72. The number of carbonyl (C=O) groups is 1. The minimum absolute atomic E-state index is 0.128. The maximum Gasteiger partial charge on any atom is 0.254 e. The maximum atomic E-state index is 12.3. The van der Waals surface area contributed by atoms with E-state index in [9.17, 15) is 9.59 Å². The van der Waals surface area contributed by atoms with E-state index in [1.54, 1.807) is 13.2 Å². The molecule has 0 bridgehead atoms. The quantitative estimate of drug-likeness (QED) is 0.758. The Morgan fingerprint density at radius 2 is 2.16 bits per heavy atom. The first kappa shape index (κ1) is 16.8. The van der Waals surface area contributed by atoms with Crippen molar-refractivity contribution in [3.8, 4) is 17.0 Å². The number of nitrogens with one attached hydrogen (secondary N) is 1. The van der Waals surface area contributed by atoms with Gasteiger partial charge in [0.2, 0.25) is 5.91 Å². The molecule has 0 spiro atoms. The Morgan fingerprint density at radius 3 is 2.84 bits per heavy atom. The van der Waals surface area contributed by atoms with Gasteiger partial charge >= 0.3 is 0 Å². The SMILES string of the molecule is COc1ccccc1-c1cc(=O)n(CC(=O)Nc2nc(C)cs2)cn1. The number of benzene rings is 1. The summed E-state index contributed by atoms with van der Waals surface area (Å²) in [5.41, 5.74) is 1.73. The van der Waals surface area contributed by atoms with Crippen LogP contribution in [0.1, 0.15) is 5.69 Å². The van der Waals surface area contributed by atoms with E-state index in [1.807, 2.05) is 30.5 Å². The normalized spacial score (nSPS) is 10.5. The lowest BCUT2D eigenvalue weighted by Gasteiger charge is -2.09. The smallest absolute Gasteiger partial charge is 0.254 e. The average molecular weight is 356 g/mol. The molecule has 0 atom stereocenters. The molecule has 0 aliphatic carbocycles. The van der Waals surface area contributed by atoms with Gasteiger partial charge in [0.15, 0.2) is 5.13 Å². The predicted octanol–water partition coefficient (Wildman–Crippen LogP) is 2.32. The molecule has 0 unspecified atom stereocenters. The first-order chi connectivity index (χ1) is 12.1. The Balaban J connectivity index is 1.78. The zero-order valence-electron chi connectivity index (χ0n) is 13.7. The third kappa shape index (κ3) is 3.92. The highest BCUT2D eigenvalue weighted by atomic mass is 32.1. The van der Waals surface area contributed by atoms with Crippen molar-refractivity contribution in [3.63, 3.8) is 0 Å². The highest BCUT2D eigenvalue weighted by Gasteiger charge is 2.11. The molecule has 1 amide bonds. The number of rotatable bonds is 5. The molecule has 0 radical (unpaired) electrons. The van der Waals surface area contributed by atoms with Crippen LogP contribution in [-0.4, -0.2) is 27.6 Å². The molecular formula is C17H16N4O3S. The van der Waals surface area contributed by atoms with Gasteiger partial charge in [-0.3, -0.25) is 14.2 Å². The van der Waals surface area contributed by atoms with E-state index in [4.69, 9.17) is 4.74 Å². The van der Waals surface area contributed by atoms with Crippen molar-refractivity contribution in [3.05, 3.63) is 58.1 Å². The number of para-hydroxylation sites is 1. The third-order valence-electron chi connectivity index (χ3n) is 3.44. The minimum Gasteiger partial charge on any atom is -0.496 e. The minimum atomic E-state index is -0.330. The van der Waals surface area contributed by atoms with Crippen molar-refractivity contribution in [1.82, 2.24) is 14.5 Å². The first-order valence-electron chi connectivity index (χ1n) is 7.48. The van der Waals surface area contributed by atoms with Crippen LogP contribution in [0.3, 0.4) is 0 Å². The van der Waals surface area contributed by atoms with E-state index in [0.29, 0.717) is 16.6 Å². The number of hydrogen-bond acceptors (Lipinski definition) is 6. The number of anilines is 1. The lowest BCUT2D eigenvalue weighted by molar-refractivity contribution is -0.116. The summed E-state index contributed by atoms with van der Waals surface area (Å²) < 4.78 is 6.53. The number of methoxy groups -OCH3 is 1. The van der Waals surface area contributed by atoms with Crippen molar-refractivity contribution in [2.75, 3.05) is 12.4 Å². The summed E-state index contributed by atoms with van der Waals surface area (Å²) in [4.78, 5) is 32.8. The molecule has 1 N–H and O–H groups in total. The number of hydrogen-bond donors (Lipinski definition) is 1. The Kier molecular flexibility index (Phi) is 4.90. The van der Waals surface area contributed by atoms with E-state index in [2.05, 4.69) is 15.3 Å². The first-order valence-corrected chi connectivity index (χ1v) is 8.36. The van der Waals surface area contributed by atoms with E-state index in [-0.39, 0.29) is 18.0 Å².